The molecule has 0 aliphatic carbocycles. The molecule has 0 amide bonds. The number of furan rings is 1. The van der Waals surface area contributed by atoms with Crippen LogP contribution >= 0.6 is 11.8 Å². The summed E-state index contributed by atoms with van der Waals surface area (Å²) >= 11 is 1.91. The Balaban J connectivity index is 1.85. The number of nitrogens with one attached hydrogen (secondary N) is 1. The van der Waals surface area contributed by atoms with Gasteiger partial charge in [-0.1, -0.05) is 5.16 Å². The molecule has 1 aliphatic heterocycles. The van der Waals surface area contributed by atoms with Crippen LogP contribution in [-0.2, 0) is 0 Å². The Morgan fingerprint density at radius 2 is 2.41 bits per heavy atom. The van der Waals surface area contributed by atoms with Gasteiger partial charge in [-0.25, -0.2) is 0 Å². The molecule has 0 saturated carbocycles. The second kappa shape index (κ2) is 4.54. The van der Waals surface area contributed by atoms with Crippen molar-refractivity contribution in [1.82, 2.24) is 15.5 Å². The first-order valence-corrected chi connectivity index (χ1v) is 6.65. The van der Waals surface area contributed by atoms with E-state index in [1.165, 1.54) is 0 Å². The summed E-state index contributed by atoms with van der Waals surface area (Å²) in [7, 11) is 1.97. The van der Waals surface area contributed by atoms with Gasteiger partial charge in [-0.05, 0) is 13.1 Å². The van der Waals surface area contributed by atoms with Gasteiger partial charge in [0.25, 0.3) is 0 Å². The molecule has 2 unspecified atom stereocenters. The minimum atomic E-state index is 0.304. The average Bonchev–Trinajstić information content (AvgIpc) is 3.09. The molecule has 2 atom stereocenters. The number of rotatable bonds is 3. The predicted molar refractivity (Wildman–Crippen MR) is 64.9 cm³/mol. The zero-order valence-corrected chi connectivity index (χ0v) is 10.2. The van der Waals surface area contributed by atoms with E-state index in [0.29, 0.717) is 23.7 Å². The number of aromatic nitrogens is 2. The largest absolute Gasteiger partial charge is 0.472 e. The Bertz CT molecular complexity index is 483. The van der Waals surface area contributed by atoms with Crippen LogP contribution in [-0.4, -0.2) is 34.7 Å². The van der Waals surface area contributed by atoms with Gasteiger partial charge in [0.05, 0.1) is 17.7 Å². The zero-order chi connectivity index (χ0) is 11.7. The molecule has 0 spiro atoms. The van der Waals surface area contributed by atoms with E-state index in [1.54, 1.807) is 12.5 Å². The van der Waals surface area contributed by atoms with Crippen LogP contribution in [0.3, 0.4) is 0 Å². The number of nitrogens with zero attached hydrogens (tertiary/aromatic N) is 2. The third-order valence-electron chi connectivity index (χ3n) is 2.99. The van der Waals surface area contributed by atoms with Crippen molar-refractivity contribution in [2.24, 2.45) is 0 Å². The zero-order valence-electron chi connectivity index (χ0n) is 9.42. The molecule has 1 fully saturated rings. The first kappa shape index (κ1) is 10.9. The summed E-state index contributed by atoms with van der Waals surface area (Å²) in [4.78, 5) is 4.44. The molecule has 17 heavy (non-hydrogen) atoms. The van der Waals surface area contributed by atoms with Crippen LogP contribution in [0.5, 0.6) is 0 Å². The Kier molecular flexibility index (Phi) is 2.90. The average molecular weight is 251 g/mol. The Hall–Kier alpha value is -1.27. The summed E-state index contributed by atoms with van der Waals surface area (Å²) in [6.45, 7) is 0. The monoisotopic (exact) mass is 251 g/mol. The Morgan fingerprint density at radius 1 is 1.47 bits per heavy atom. The van der Waals surface area contributed by atoms with Gasteiger partial charge in [0.15, 0.2) is 0 Å². The van der Waals surface area contributed by atoms with Gasteiger partial charge in [0.1, 0.15) is 6.26 Å². The lowest BCUT2D eigenvalue weighted by molar-refractivity contribution is 0.344. The Labute approximate surface area is 103 Å². The molecular weight excluding hydrogens is 238 g/mol. The third-order valence-corrected chi connectivity index (χ3v) is 4.18. The normalized spacial score (nSPS) is 24.3. The van der Waals surface area contributed by atoms with Crippen molar-refractivity contribution in [1.29, 1.82) is 0 Å². The van der Waals surface area contributed by atoms with Crippen LogP contribution in [0, 0.1) is 0 Å². The van der Waals surface area contributed by atoms with Crippen LogP contribution in [0.15, 0.2) is 27.5 Å². The molecule has 2 aromatic rings. The summed E-state index contributed by atoms with van der Waals surface area (Å²) in [5, 5.41) is 7.28. The molecule has 3 rings (SSSR count). The van der Waals surface area contributed by atoms with Crippen LogP contribution < -0.4 is 5.32 Å². The Morgan fingerprint density at radius 3 is 3.18 bits per heavy atom. The SMILES string of the molecule is CNC1CSCC1c1nc(-c2ccoc2)no1. The van der Waals surface area contributed by atoms with Gasteiger partial charge in [-0.3, -0.25) is 0 Å². The molecule has 90 valence electrons. The fraction of sp³-hybridized carbons (Fsp3) is 0.455. The van der Waals surface area contributed by atoms with E-state index < -0.39 is 0 Å². The number of hydrogen-bond donors (Lipinski definition) is 1. The van der Waals surface area contributed by atoms with Crippen molar-refractivity contribution in [3.05, 3.63) is 24.5 Å². The molecule has 0 radical (unpaired) electrons. The number of hydrogen-bond acceptors (Lipinski definition) is 6. The summed E-state index contributed by atoms with van der Waals surface area (Å²) < 4.78 is 10.4. The highest BCUT2D eigenvalue weighted by atomic mass is 32.2. The third kappa shape index (κ3) is 1.98. The van der Waals surface area contributed by atoms with E-state index in [1.807, 2.05) is 24.9 Å². The lowest BCUT2D eigenvalue weighted by atomic mass is 10.0. The molecule has 3 heterocycles. The van der Waals surface area contributed by atoms with Crippen molar-refractivity contribution in [2.75, 3.05) is 18.6 Å². The molecular formula is C11H13N3O2S. The molecule has 5 nitrogen and oxygen atoms in total. The van der Waals surface area contributed by atoms with Crippen LogP contribution in [0.25, 0.3) is 11.4 Å². The maximum absolute atomic E-state index is 5.35. The highest BCUT2D eigenvalue weighted by molar-refractivity contribution is 7.99. The number of thioether (sulfide) groups is 1. The van der Waals surface area contributed by atoms with Crippen LogP contribution in [0.1, 0.15) is 11.8 Å². The predicted octanol–water partition coefficient (Wildman–Crippen LogP) is 1.75. The maximum Gasteiger partial charge on any atom is 0.232 e. The lowest BCUT2D eigenvalue weighted by Crippen LogP contribution is -2.30. The van der Waals surface area contributed by atoms with Crippen molar-refractivity contribution >= 4 is 11.8 Å². The molecule has 0 bridgehead atoms. The van der Waals surface area contributed by atoms with Gasteiger partial charge >= 0.3 is 0 Å². The van der Waals surface area contributed by atoms with E-state index in [2.05, 4.69) is 15.5 Å². The topological polar surface area (TPSA) is 64.1 Å². The smallest absolute Gasteiger partial charge is 0.232 e. The summed E-state index contributed by atoms with van der Waals surface area (Å²) in [5.41, 5.74) is 0.853. The standard InChI is InChI=1S/C11H13N3O2S/c1-12-9-6-17-5-8(9)11-13-10(14-16-11)7-2-3-15-4-7/h2-4,8-9,12H,5-6H2,1H3. The number of likely N-dealkylation sites (N-methyl/N-ethyl adjacent to an activating group) is 1. The van der Waals surface area contributed by atoms with Crippen molar-refractivity contribution < 1.29 is 8.94 Å². The maximum atomic E-state index is 5.35. The van der Waals surface area contributed by atoms with Crippen LogP contribution in [0.2, 0.25) is 0 Å². The van der Waals surface area contributed by atoms with Gasteiger partial charge < -0.3 is 14.3 Å². The molecule has 6 heteroatoms. The fourth-order valence-corrected chi connectivity index (χ4v) is 3.39. The molecule has 1 saturated heterocycles. The van der Waals surface area contributed by atoms with Gasteiger partial charge in [0, 0.05) is 17.5 Å². The van der Waals surface area contributed by atoms with Crippen molar-refractivity contribution in [3.63, 3.8) is 0 Å². The van der Waals surface area contributed by atoms with Gasteiger partial charge in [-0.15, -0.1) is 0 Å². The summed E-state index contributed by atoms with van der Waals surface area (Å²) in [6.07, 6.45) is 3.22. The minimum Gasteiger partial charge on any atom is -0.472 e. The first-order valence-electron chi connectivity index (χ1n) is 5.49. The quantitative estimate of drug-likeness (QED) is 0.896. The van der Waals surface area contributed by atoms with Crippen molar-refractivity contribution in [2.45, 2.75) is 12.0 Å². The molecule has 1 N–H and O–H groups in total. The minimum absolute atomic E-state index is 0.304. The fourth-order valence-electron chi connectivity index (χ4n) is 1.98. The summed E-state index contributed by atoms with van der Waals surface area (Å²) in [6, 6.07) is 2.24. The lowest BCUT2D eigenvalue weighted by Gasteiger charge is -2.13. The molecule has 0 aromatic carbocycles. The van der Waals surface area contributed by atoms with E-state index in [-0.39, 0.29) is 0 Å². The summed E-state index contributed by atoms with van der Waals surface area (Å²) in [5.74, 6) is 3.73. The first-order chi connectivity index (χ1) is 8.38. The van der Waals surface area contributed by atoms with E-state index in [4.69, 9.17) is 8.94 Å². The van der Waals surface area contributed by atoms with Gasteiger partial charge in [0.2, 0.25) is 11.7 Å². The van der Waals surface area contributed by atoms with E-state index in [9.17, 15) is 0 Å². The van der Waals surface area contributed by atoms with Gasteiger partial charge in [-0.2, -0.15) is 16.7 Å². The second-order valence-corrected chi connectivity index (χ2v) is 5.08. The molecule has 2 aromatic heterocycles. The molecule has 1 aliphatic rings. The van der Waals surface area contributed by atoms with E-state index in [0.717, 1.165) is 17.1 Å². The second-order valence-electron chi connectivity index (χ2n) is 4.01. The highest BCUT2D eigenvalue weighted by Crippen LogP contribution is 2.32. The van der Waals surface area contributed by atoms with Crippen molar-refractivity contribution in [3.8, 4) is 11.4 Å². The highest BCUT2D eigenvalue weighted by Gasteiger charge is 2.32. The van der Waals surface area contributed by atoms with E-state index >= 15 is 0 Å². The van der Waals surface area contributed by atoms with Crippen LogP contribution in [0.4, 0.5) is 0 Å².